The molecule has 0 unspecified atom stereocenters. The van der Waals surface area contributed by atoms with Crippen molar-refractivity contribution in [3.63, 3.8) is 0 Å². The Hall–Kier alpha value is -2.07. The van der Waals surface area contributed by atoms with Crippen LogP contribution in [0.25, 0.3) is 6.08 Å². The number of carbonyl (C=O) groups is 2. The van der Waals surface area contributed by atoms with Crippen LogP contribution in [0.3, 0.4) is 0 Å². The van der Waals surface area contributed by atoms with Gasteiger partial charge in [0.2, 0.25) is 0 Å². The molecule has 1 aromatic rings. The maximum Gasteiger partial charge on any atom is 0.331 e. The summed E-state index contributed by atoms with van der Waals surface area (Å²) in [5.74, 6) is -0.956. The van der Waals surface area contributed by atoms with E-state index in [1.165, 1.54) is 13.0 Å². The Balaban J connectivity index is 2.56. The number of ether oxygens (including phenoxy) is 1. The van der Waals surface area contributed by atoms with Gasteiger partial charge in [0.25, 0.3) is 5.91 Å². The highest BCUT2D eigenvalue weighted by Gasteiger charge is 2.15. The van der Waals surface area contributed by atoms with Crippen molar-refractivity contribution in [2.24, 2.45) is 0 Å². The first kappa shape index (κ1) is 17.0. The summed E-state index contributed by atoms with van der Waals surface area (Å²) in [4.78, 5) is 23.1. The van der Waals surface area contributed by atoms with Crippen LogP contribution in [0.4, 0.5) is 0 Å². The van der Waals surface area contributed by atoms with Crippen LogP contribution in [0.2, 0.25) is 5.02 Å². The lowest BCUT2D eigenvalue weighted by Crippen LogP contribution is -2.35. The topological polar surface area (TPSA) is 55.4 Å². The van der Waals surface area contributed by atoms with Crippen molar-refractivity contribution >= 4 is 29.6 Å². The molecule has 4 nitrogen and oxygen atoms in total. The van der Waals surface area contributed by atoms with E-state index in [0.717, 1.165) is 11.1 Å². The number of rotatable bonds is 6. The zero-order chi connectivity index (χ0) is 15.8. The third-order valence-corrected chi connectivity index (χ3v) is 3.10. The Labute approximate surface area is 129 Å². The van der Waals surface area contributed by atoms with Gasteiger partial charge in [-0.3, -0.25) is 4.79 Å². The molecule has 5 heteroatoms. The molecule has 0 aliphatic carbocycles. The average molecular weight is 308 g/mol. The summed E-state index contributed by atoms with van der Waals surface area (Å²) >= 11 is 5.99. The molecule has 1 amide bonds. The normalized spacial score (nSPS) is 12.0. The Morgan fingerprint density at radius 2 is 2.19 bits per heavy atom. The van der Waals surface area contributed by atoms with Crippen molar-refractivity contribution in [3.05, 3.63) is 53.1 Å². The van der Waals surface area contributed by atoms with Crippen LogP contribution in [0.1, 0.15) is 18.1 Å². The van der Waals surface area contributed by atoms with E-state index in [0.29, 0.717) is 11.6 Å². The van der Waals surface area contributed by atoms with Gasteiger partial charge in [0.1, 0.15) is 0 Å². The Bertz CT molecular complexity index is 567. The fraction of sp³-hybridized carbons (Fsp3) is 0.250. The molecule has 1 rings (SSSR count). The van der Waals surface area contributed by atoms with Gasteiger partial charge < -0.3 is 10.1 Å². The maximum absolute atomic E-state index is 11.6. The van der Waals surface area contributed by atoms with E-state index in [-0.39, 0.29) is 5.91 Å². The molecule has 1 N–H and O–H groups in total. The molecule has 0 bridgehead atoms. The molecule has 0 spiro atoms. The molecule has 21 heavy (non-hydrogen) atoms. The summed E-state index contributed by atoms with van der Waals surface area (Å²) in [6.07, 6.45) is 3.54. The van der Waals surface area contributed by atoms with Gasteiger partial charge in [-0.15, -0.1) is 6.58 Å². The van der Waals surface area contributed by atoms with Gasteiger partial charge in [0.15, 0.2) is 6.10 Å². The Kier molecular flexibility index (Phi) is 6.69. The number of hydrogen-bond donors (Lipinski definition) is 1. The summed E-state index contributed by atoms with van der Waals surface area (Å²) < 4.78 is 4.98. The Morgan fingerprint density at radius 3 is 2.81 bits per heavy atom. The molecule has 0 heterocycles. The minimum Gasteiger partial charge on any atom is -0.449 e. The van der Waals surface area contributed by atoms with Crippen molar-refractivity contribution in [2.45, 2.75) is 20.0 Å². The Morgan fingerprint density at radius 1 is 1.48 bits per heavy atom. The van der Waals surface area contributed by atoms with Gasteiger partial charge in [0, 0.05) is 17.6 Å². The quantitative estimate of drug-likeness (QED) is 0.499. The second-order valence-corrected chi connectivity index (χ2v) is 4.86. The van der Waals surface area contributed by atoms with Crippen molar-refractivity contribution in [1.29, 1.82) is 0 Å². The molecule has 0 aliphatic rings. The third kappa shape index (κ3) is 5.83. The lowest BCUT2D eigenvalue weighted by Gasteiger charge is -2.11. The van der Waals surface area contributed by atoms with E-state index >= 15 is 0 Å². The number of carbonyl (C=O) groups excluding carboxylic acids is 2. The molecule has 0 fully saturated rings. The minimum absolute atomic E-state index is 0.332. The lowest BCUT2D eigenvalue weighted by molar-refractivity contribution is -0.150. The number of halogens is 1. The van der Waals surface area contributed by atoms with Crippen molar-refractivity contribution in [3.8, 4) is 0 Å². The zero-order valence-electron chi connectivity index (χ0n) is 12.1. The second kappa shape index (κ2) is 8.27. The van der Waals surface area contributed by atoms with Crippen LogP contribution in [-0.2, 0) is 14.3 Å². The van der Waals surface area contributed by atoms with E-state index in [9.17, 15) is 9.59 Å². The molecule has 112 valence electrons. The highest BCUT2D eigenvalue weighted by atomic mass is 35.5. The van der Waals surface area contributed by atoms with Crippen LogP contribution in [0, 0.1) is 6.92 Å². The first-order valence-corrected chi connectivity index (χ1v) is 6.85. The third-order valence-electron chi connectivity index (χ3n) is 2.69. The van der Waals surface area contributed by atoms with Gasteiger partial charge in [-0.2, -0.15) is 0 Å². The van der Waals surface area contributed by atoms with E-state index in [4.69, 9.17) is 16.3 Å². The molecular formula is C16H18ClNO3. The van der Waals surface area contributed by atoms with E-state index in [2.05, 4.69) is 11.9 Å². The first-order chi connectivity index (χ1) is 9.93. The standard InChI is InChI=1S/C16H18ClNO3/c1-4-9-18-16(20)12(3)21-15(19)8-7-13-6-5-11(2)14(17)10-13/h4-8,10,12H,1,9H2,2-3H3,(H,18,20)/b8-7+/t12-/m1/s1. The van der Waals surface area contributed by atoms with Gasteiger partial charge in [0.05, 0.1) is 0 Å². The summed E-state index contributed by atoms with van der Waals surface area (Å²) in [5.41, 5.74) is 1.75. The molecule has 1 aromatic carbocycles. The highest BCUT2D eigenvalue weighted by Crippen LogP contribution is 2.17. The highest BCUT2D eigenvalue weighted by molar-refractivity contribution is 6.31. The fourth-order valence-corrected chi connectivity index (χ4v) is 1.65. The number of hydrogen-bond acceptors (Lipinski definition) is 3. The van der Waals surface area contributed by atoms with E-state index in [1.807, 2.05) is 19.1 Å². The van der Waals surface area contributed by atoms with Gasteiger partial charge in [-0.05, 0) is 37.1 Å². The first-order valence-electron chi connectivity index (χ1n) is 6.47. The van der Waals surface area contributed by atoms with Crippen LogP contribution >= 0.6 is 11.6 Å². The molecular weight excluding hydrogens is 290 g/mol. The molecule has 0 aromatic heterocycles. The summed E-state index contributed by atoms with van der Waals surface area (Å²) in [7, 11) is 0. The lowest BCUT2D eigenvalue weighted by atomic mass is 10.1. The predicted octanol–water partition coefficient (Wildman–Crippen LogP) is 2.90. The van der Waals surface area contributed by atoms with Crippen LogP contribution in [-0.4, -0.2) is 24.5 Å². The van der Waals surface area contributed by atoms with Crippen LogP contribution in [0.5, 0.6) is 0 Å². The van der Waals surface area contributed by atoms with E-state index in [1.54, 1.807) is 18.2 Å². The van der Waals surface area contributed by atoms with Crippen molar-refractivity contribution in [2.75, 3.05) is 6.54 Å². The predicted molar refractivity (Wildman–Crippen MR) is 84.0 cm³/mol. The SMILES string of the molecule is C=CCNC(=O)[C@@H](C)OC(=O)/C=C/c1ccc(C)c(Cl)c1. The largest absolute Gasteiger partial charge is 0.449 e. The van der Waals surface area contributed by atoms with Crippen LogP contribution < -0.4 is 5.32 Å². The molecule has 1 atom stereocenters. The monoisotopic (exact) mass is 307 g/mol. The fourth-order valence-electron chi connectivity index (χ4n) is 1.46. The van der Waals surface area contributed by atoms with E-state index < -0.39 is 12.1 Å². The van der Waals surface area contributed by atoms with Gasteiger partial charge >= 0.3 is 5.97 Å². The molecule has 0 radical (unpaired) electrons. The van der Waals surface area contributed by atoms with Crippen molar-refractivity contribution < 1.29 is 14.3 Å². The number of amides is 1. The second-order valence-electron chi connectivity index (χ2n) is 4.45. The maximum atomic E-state index is 11.6. The van der Waals surface area contributed by atoms with Crippen molar-refractivity contribution in [1.82, 2.24) is 5.32 Å². The number of nitrogens with one attached hydrogen (secondary N) is 1. The molecule has 0 aliphatic heterocycles. The summed E-state index contributed by atoms with van der Waals surface area (Å²) in [6, 6.07) is 5.45. The van der Waals surface area contributed by atoms with Gasteiger partial charge in [-0.25, -0.2) is 4.79 Å². The number of aryl methyl sites for hydroxylation is 1. The zero-order valence-corrected chi connectivity index (χ0v) is 12.8. The molecule has 0 saturated heterocycles. The van der Waals surface area contributed by atoms with Crippen LogP contribution in [0.15, 0.2) is 36.9 Å². The van der Waals surface area contributed by atoms with Gasteiger partial charge in [-0.1, -0.05) is 29.8 Å². The summed E-state index contributed by atoms with van der Waals surface area (Å²) in [5, 5.41) is 3.18. The smallest absolute Gasteiger partial charge is 0.331 e. The summed E-state index contributed by atoms with van der Waals surface area (Å²) in [6.45, 7) is 7.22. The average Bonchev–Trinajstić information content (AvgIpc) is 2.45. The minimum atomic E-state index is -0.858. The number of esters is 1. The number of benzene rings is 1. The molecule has 0 saturated carbocycles.